The number of amides is 1. The molecule has 1 fully saturated rings. The van der Waals surface area contributed by atoms with Crippen LogP contribution in [0, 0.1) is 0 Å². The fourth-order valence-electron chi connectivity index (χ4n) is 3.46. The molecule has 3 rings (SSSR count). The average molecular weight is 433 g/mol. The first kappa shape index (κ1) is 22.1. The Morgan fingerprint density at radius 1 is 1.00 bits per heavy atom. The predicted molar refractivity (Wildman–Crippen MR) is 114 cm³/mol. The molecule has 30 heavy (non-hydrogen) atoms. The highest BCUT2D eigenvalue weighted by Gasteiger charge is 2.31. The molecule has 7 nitrogen and oxygen atoms in total. The number of hydrogen-bond donors (Lipinski definition) is 0. The normalized spacial score (nSPS) is 15.6. The zero-order valence-corrected chi connectivity index (χ0v) is 18.4. The molecule has 0 unspecified atom stereocenters. The highest BCUT2D eigenvalue weighted by Crippen LogP contribution is 2.27. The van der Waals surface area contributed by atoms with Crippen LogP contribution in [0.5, 0.6) is 17.2 Å². The number of rotatable bonds is 7. The Morgan fingerprint density at radius 3 is 2.00 bits per heavy atom. The summed E-state index contributed by atoms with van der Waals surface area (Å²) < 4.78 is 38.6. The Kier molecular flexibility index (Phi) is 6.99. The zero-order chi connectivity index (χ0) is 21.7. The van der Waals surface area contributed by atoms with Crippen LogP contribution >= 0.6 is 0 Å². The van der Waals surface area contributed by atoms with E-state index in [4.69, 9.17) is 9.47 Å². The minimum Gasteiger partial charge on any atom is -0.494 e. The summed E-state index contributed by atoms with van der Waals surface area (Å²) in [5.74, 6) is 1.97. The van der Waals surface area contributed by atoms with Crippen LogP contribution in [0.3, 0.4) is 0 Å². The Hall–Kier alpha value is -2.58. The molecule has 0 atom stereocenters. The molecule has 0 aromatic heterocycles. The lowest BCUT2D eigenvalue weighted by atomic mass is 10.1. The molecule has 1 heterocycles. The molecule has 0 N–H and O–H groups in total. The first-order chi connectivity index (χ1) is 14.3. The molecule has 1 saturated heterocycles. The van der Waals surface area contributed by atoms with Crippen LogP contribution in [0.15, 0.2) is 53.4 Å². The summed E-state index contributed by atoms with van der Waals surface area (Å²) in [6.07, 6.45) is 1.27. The first-order valence-corrected chi connectivity index (χ1v) is 11.5. The van der Waals surface area contributed by atoms with Crippen molar-refractivity contribution in [2.45, 2.75) is 37.6 Å². The van der Waals surface area contributed by atoms with E-state index in [2.05, 4.69) is 0 Å². The topological polar surface area (TPSA) is 76.2 Å². The number of ether oxygens (including phenoxy) is 2. The second-order valence-electron chi connectivity index (χ2n) is 7.24. The monoisotopic (exact) mass is 432 g/mol. The van der Waals surface area contributed by atoms with E-state index in [1.807, 2.05) is 19.1 Å². The van der Waals surface area contributed by atoms with Gasteiger partial charge in [-0.2, -0.15) is 4.31 Å². The van der Waals surface area contributed by atoms with Crippen molar-refractivity contribution in [3.8, 4) is 17.2 Å². The van der Waals surface area contributed by atoms with E-state index in [0.29, 0.717) is 44.0 Å². The smallest absolute Gasteiger partial charge is 0.243 e. The molecule has 1 aliphatic rings. The summed E-state index contributed by atoms with van der Waals surface area (Å²) >= 11 is 0. The number of sulfonamides is 1. The van der Waals surface area contributed by atoms with Crippen molar-refractivity contribution in [3.05, 3.63) is 48.5 Å². The third-order valence-corrected chi connectivity index (χ3v) is 7.21. The van der Waals surface area contributed by atoms with E-state index in [1.165, 1.54) is 11.2 Å². The van der Waals surface area contributed by atoms with Gasteiger partial charge in [0.1, 0.15) is 17.2 Å². The number of carbonyl (C=O) groups is 1. The van der Waals surface area contributed by atoms with E-state index in [1.54, 1.807) is 48.3 Å². The molecule has 1 amide bonds. The van der Waals surface area contributed by atoms with Gasteiger partial charge in [-0.3, -0.25) is 4.79 Å². The van der Waals surface area contributed by atoms with Crippen LogP contribution in [0.1, 0.15) is 26.7 Å². The highest BCUT2D eigenvalue weighted by molar-refractivity contribution is 7.89. The van der Waals surface area contributed by atoms with Crippen LogP contribution < -0.4 is 9.47 Å². The van der Waals surface area contributed by atoms with Gasteiger partial charge in [-0.25, -0.2) is 8.42 Å². The number of benzene rings is 2. The van der Waals surface area contributed by atoms with Gasteiger partial charge in [0.15, 0.2) is 0 Å². The van der Waals surface area contributed by atoms with Crippen LogP contribution in [0.2, 0.25) is 0 Å². The van der Waals surface area contributed by atoms with Crippen molar-refractivity contribution in [3.63, 3.8) is 0 Å². The maximum atomic E-state index is 13.0. The Bertz CT molecular complexity index is 950. The van der Waals surface area contributed by atoms with Gasteiger partial charge in [0.25, 0.3) is 0 Å². The first-order valence-electron chi connectivity index (χ1n) is 10.1. The predicted octanol–water partition coefficient (Wildman–Crippen LogP) is 3.51. The number of carbonyl (C=O) groups excluding carboxylic acids is 1. The molecular weight excluding hydrogens is 404 g/mol. The van der Waals surface area contributed by atoms with Crippen molar-refractivity contribution in [1.29, 1.82) is 0 Å². The van der Waals surface area contributed by atoms with Crippen molar-refractivity contribution in [2.24, 2.45) is 0 Å². The lowest BCUT2D eigenvalue weighted by Gasteiger charge is -2.35. The minimum absolute atomic E-state index is 0.000532. The highest BCUT2D eigenvalue weighted by atomic mass is 32.2. The van der Waals surface area contributed by atoms with E-state index in [-0.39, 0.29) is 16.8 Å². The summed E-state index contributed by atoms with van der Waals surface area (Å²) in [5, 5.41) is 0. The maximum Gasteiger partial charge on any atom is 0.243 e. The minimum atomic E-state index is -3.58. The average Bonchev–Trinajstić information content (AvgIpc) is 2.75. The molecule has 0 saturated carbocycles. The Labute approximate surface area is 178 Å². The van der Waals surface area contributed by atoms with Gasteiger partial charge < -0.3 is 14.4 Å². The molecule has 8 heteroatoms. The second-order valence-corrected chi connectivity index (χ2v) is 9.18. The molecule has 0 radical (unpaired) electrons. The van der Waals surface area contributed by atoms with Crippen molar-refractivity contribution in [2.75, 3.05) is 26.7 Å². The Morgan fingerprint density at radius 2 is 1.50 bits per heavy atom. The number of piperidine rings is 1. The van der Waals surface area contributed by atoms with Crippen LogP contribution in [0.4, 0.5) is 0 Å². The molecule has 2 aromatic carbocycles. The molecule has 0 bridgehead atoms. The summed E-state index contributed by atoms with van der Waals surface area (Å²) in [6, 6.07) is 13.8. The summed E-state index contributed by atoms with van der Waals surface area (Å²) in [7, 11) is -1.81. The van der Waals surface area contributed by atoms with Gasteiger partial charge in [-0.05, 0) is 68.3 Å². The van der Waals surface area contributed by atoms with E-state index in [9.17, 15) is 13.2 Å². The SMILES string of the molecule is CCOc1ccc(Oc2ccc(S(=O)(=O)N3CCC(N(C)C(C)=O)CC3)cc2)cc1. The van der Waals surface area contributed by atoms with E-state index < -0.39 is 10.0 Å². The standard InChI is InChI=1S/C22H28N2O5S/c1-4-28-19-5-7-20(8-6-19)29-21-9-11-22(12-10-21)30(26,27)24-15-13-18(14-16-24)23(3)17(2)25/h5-12,18H,4,13-16H2,1-3H3. The van der Waals surface area contributed by atoms with Crippen LogP contribution in [0.25, 0.3) is 0 Å². The second kappa shape index (κ2) is 9.49. The summed E-state index contributed by atoms with van der Waals surface area (Å²) in [5.41, 5.74) is 0. The molecule has 0 aliphatic carbocycles. The molecule has 0 spiro atoms. The summed E-state index contributed by atoms with van der Waals surface area (Å²) in [6.45, 7) is 4.85. The van der Waals surface area contributed by atoms with Gasteiger partial charge in [0, 0.05) is 33.1 Å². The third kappa shape index (κ3) is 5.12. The van der Waals surface area contributed by atoms with Gasteiger partial charge >= 0.3 is 0 Å². The maximum absolute atomic E-state index is 13.0. The van der Waals surface area contributed by atoms with E-state index >= 15 is 0 Å². The zero-order valence-electron chi connectivity index (χ0n) is 17.6. The van der Waals surface area contributed by atoms with Gasteiger partial charge in [-0.1, -0.05) is 0 Å². The van der Waals surface area contributed by atoms with Crippen molar-refractivity contribution in [1.82, 2.24) is 9.21 Å². The van der Waals surface area contributed by atoms with Crippen LogP contribution in [-0.2, 0) is 14.8 Å². The van der Waals surface area contributed by atoms with Crippen molar-refractivity contribution >= 4 is 15.9 Å². The van der Waals surface area contributed by atoms with Crippen LogP contribution in [-0.4, -0.2) is 56.3 Å². The molecule has 162 valence electrons. The summed E-state index contributed by atoms with van der Waals surface area (Å²) in [4.78, 5) is 13.5. The molecule has 2 aromatic rings. The largest absolute Gasteiger partial charge is 0.494 e. The lowest BCUT2D eigenvalue weighted by Crippen LogP contribution is -2.46. The third-order valence-electron chi connectivity index (χ3n) is 5.30. The fraction of sp³-hybridized carbons (Fsp3) is 0.409. The van der Waals surface area contributed by atoms with Gasteiger partial charge in [0.2, 0.25) is 15.9 Å². The lowest BCUT2D eigenvalue weighted by molar-refractivity contribution is -0.130. The molecular formula is C22H28N2O5S. The van der Waals surface area contributed by atoms with Gasteiger partial charge in [0.05, 0.1) is 11.5 Å². The van der Waals surface area contributed by atoms with E-state index in [0.717, 1.165) is 5.75 Å². The number of hydrogen-bond acceptors (Lipinski definition) is 5. The Balaban J connectivity index is 1.63. The fourth-order valence-corrected chi connectivity index (χ4v) is 4.93. The van der Waals surface area contributed by atoms with Gasteiger partial charge in [-0.15, -0.1) is 0 Å². The molecule has 1 aliphatic heterocycles. The number of nitrogens with zero attached hydrogens (tertiary/aromatic N) is 2. The quantitative estimate of drug-likeness (QED) is 0.669. The van der Waals surface area contributed by atoms with Crippen molar-refractivity contribution < 1.29 is 22.7 Å².